The number of carbonyl (C=O) groups excluding carboxylic acids is 2. The van der Waals surface area contributed by atoms with Crippen molar-refractivity contribution in [2.24, 2.45) is 0 Å². The van der Waals surface area contributed by atoms with Gasteiger partial charge in [0.2, 0.25) is 0 Å². The van der Waals surface area contributed by atoms with Gasteiger partial charge in [0.25, 0.3) is 0 Å². The van der Waals surface area contributed by atoms with Crippen molar-refractivity contribution in [3.63, 3.8) is 0 Å². The highest BCUT2D eigenvalue weighted by atomic mass is 19.4. The number of benzene rings is 3. The normalized spacial score (nSPS) is 19.0. The number of carbonyl (C=O) groups is 2. The number of nitrogens with zero attached hydrogens (tertiary/aromatic N) is 1. The number of nitrogens with one attached hydrogen (secondary N) is 1. The summed E-state index contributed by atoms with van der Waals surface area (Å²) < 4.78 is 52.8. The van der Waals surface area contributed by atoms with E-state index in [9.17, 15) is 22.8 Å². The summed E-state index contributed by atoms with van der Waals surface area (Å²) in [6, 6.07) is 17.3. The first-order valence-electron chi connectivity index (χ1n) is 12.4. The molecule has 6 nitrogen and oxygen atoms in total. The van der Waals surface area contributed by atoms with Crippen molar-refractivity contribution in [1.29, 1.82) is 0 Å². The quantitative estimate of drug-likeness (QED) is 0.414. The van der Waals surface area contributed by atoms with E-state index < -0.39 is 18.1 Å². The molecular formula is C30H27F3N2O4. The summed E-state index contributed by atoms with van der Waals surface area (Å²) >= 11 is 0. The van der Waals surface area contributed by atoms with Crippen LogP contribution in [0.25, 0.3) is 0 Å². The molecule has 5 rings (SSSR count). The third-order valence-corrected chi connectivity index (χ3v) is 7.22. The van der Waals surface area contributed by atoms with Gasteiger partial charge >= 0.3 is 12.1 Å². The van der Waals surface area contributed by atoms with Crippen LogP contribution in [-0.2, 0) is 9.59 Å². The summed E-state index contributed by atoms with van der Waals surface area (Å²) in [4.78, 5) is 27.6. The van der Waals surface area contributed by atoms with Crippen molar-refractivity contribution in [3.8, 4) is 11.5 Å². The fourth-order valence-corrected chi connectivity index (χ4v) is 5.36. The second kappa shape index (κ2) is 10.1. The van der Waals surface area contributed by atoms with Crippen molar-refractivity contribution < 1.29 is 32.2 Å². The predicted octanol–water partition coefficient (Wildman–Crippen LogP) is 6.48. The number of halogens is 3. The Morgan fingerprint density at radius 1 is 0.923 bits per heavy atom. The number of para-hydroxylation sites is 2. The van der Waals surface area contributed by atoms with Gasteiger partial charge in [-0.1, -0.05) is 48.0 Å². The predicted molar refractivity (Wildman–Crippen MR) is 141 cm³/mol. The van der Waals surface area contributed by atoms with Gasteiger partial charge in [-0.3, -0.25) is 14.5 Å². The Bertz CT molecular complexity index is 1460. The van der Waals surface area contributed by atoms with E-state index in [0.29, 0.717) is 39.8 Å². The minimum absolute atomic E-state index is 0.0512. The number of fused-ring (bicyclic) bond motifs is 1. The van der Waals surface area contributed by atoms with Crippen LogP contribution in [0.2, 0.25) is 0 Å². The largest absolute Gasteiger partial charge is 0.493 e. The van der Waals surface area contributed by atoms with Gasteiger partial charge in [0, 0.05) is 17.7 Å². The van der Waals surface area contributed by atoms with Crippen molar-refractivity contribution in [1.82, 2.24) is 0 Å². The third kappa shape index (κ3) is 4.84. The summed E-state index contributed by atoms with van der Waals surface area (Å²) in [5, 5.41) is 3.23. The number of Topliss-reactive ketones (excluding diaryl/α,β-unsaturated/α-hetero) is 1. The molecule has 0 radical (unpaired) electrons. The Hall–Kier alpha value is -4.27. The lowest BCUT2D eigenvalue weighted by molar-refractivity contribution is -0.170. The smallest absolute Gasteiger partial charge is 0.471 e. The minimum Gasteiger partial charge on any atom is -0.493 e. The van der Waals surface area contributed by atoms with E-state index >= 15 is 0 Å². The van der Waals surface area contributed by atoms with Crippen molar-refractivity contribution in [3.05, 3.63) is 94.7 Å². The summed E-state index contributed by atoms with van der Waals surface area (Å²) in [5.41, 5.74) is 3.17. The number of hydrogen-bond donors (Lipinski definition) is 1. The SMILES string of the molecule is COc1ccc([C@@H]2CC(=O)C3=C(C2)Nc2ccccc2N(C(=O)C(F)(F)F)[C@@H]3c2ccc(C)cc2)cc1OC. The zero-order chi connectivity index (χ0) is 27.9. The van der Waals surface area contributed by atoms with Crippen molar-refractivity contribution >= 4 is 23.1 Å². The molecule has 39 heavy (non-hydrogen) atoms. The van der Waals surface area contributed by atoms with Crippen LogP contribution in [0.4, 0.5) is 24.5 Å². The van der Waals surface area contributed by atoms with Gasteiger partial charge in [-0.2, -0.15) is 13.2 Å². The van der Waals surface area contributed by atoms with Crippen LogP contribution >= 0.6 is 0 Å². The van der Waals surface area contributed by atoms with Gasteiger partial charge < -0.3 is 14.8 Å². The first kappa shape index (κ1) is 26.3. The Balaban J connectivity index is 1.69. The average Bonchev–Trinajstić information content (AvgIpc) is 3.06. The Labute approximate surface area is 224 Å². The maximum atomic E-state index is 14.0. The molecule has 0 aromatic heterocycles. The number of alkyl halides is 3. The van der Waals surface area contributed by atoms with Crippen LogP contribution in [0.1, 0.15) is 41.5 Å². The van der Waals surface area contributed by atoms with Crippen molar-refractivity contribution in [2.45, 2.75) is 37.9 Å². The summed E-state index contributed by atoms with van der Waals surface area (Å²) in [6.07, 6.45) is -4.74. The standard InChI is InChI=1S/C30H27F3N2O4/c1-17-8-10-18(11-9-17)28-27-22(34-21-6-4-5-7-23(21)35(28)29(37)30(31,32)33)14-20(15-24(27)36)19-12-13-25(38-2)26(16-19)39-3/h4-13,16,20,28,34H,14-15H2,1-3H3/t20-,28+/m0/s1. The molecule has 1 amide bonds. The zero-order valence-corrected chi connectivity index (χ0v) is 21.6. The van der Waals surface area contributed by atoms with E-state index in [1.54, 1.807) is 48.5 Å². The second-order valence-corrected chi connectivity index (χ2v) is 9.66. The summed E-state index contributed by atoms with van der Waals surface area (Å²) in [7, 11) is 3.06. The second-order valence-electron chi connectivity index (χ2n) is 9.66. The Morgan fingerprint density at radius 3 is 2.26 bits per heavy atom. The monoisotopic (exact) mass is 536 g/mol. The average molecular weight is 537 g/mol. The molecule has 1 heterocycles. The fourth-order valence-electron chi connectivity index (χ4n) is 5.36. The molecule has 202 valence electrons. The number of hydrogen-bond acceptors (Lipinski definition) is 5. The zero-order valence-electron chi connectivity index (χ0n) is 21.6. The van der Waals surface area contributed by atoms with E-state index in [0.717, 1.165) is 11.1 Å². The van der Waals surface area contributed by atoms with Crippen LogP contribution in [0.3, 0.4) is 0 Å². The van der Waals surface area contributed by atoms with Crippen LogP contribution < -0.4 is 19.7 Å². The molecule has 0 saturated carbocycles. The highest BCUT2D eigenvalue weighted by molar-refractivity contribution is 6.07. The fraction of sp³-hybridized carbons (Fsp3) is 0.267. The van der Waals surface area contributed by atoms with E-state index in [1.165, 1.54) is 20.3 Å². The maximum absolute atomic E-state index is 14.0. The molecule has 0 saturated heterocycles. The van der Waals surface area contributed by atoms with Crippen LogP contribution in [0.15, 0.2) is 78.0 Å². The number of rotatable bonds is 4. The summed E-state index contributed by atoms with van der Waals surface area (Å²) in [5.74, 6) is -1.57. The van der Waals surface area contributed by atoms with Crippen LogP contribution in [0.5, 0.6) is 11.5 Å². The third-order valence-electron chi connectivity index (χ3n) is 7.22. The topological polar surface area (TPSA) is 67.9 Å². The van der Waals surface area contributed by atoms with Gasteiger partial charge in [-0.05, 0) is 54.7 Å². The number of ether oxygens (including phenoxy) is 2. The van der Waals surface area contributed by atoms with Gasteiger partial charge in [0.1, 0.15) is 0 Å². The molecule has 0 spiro atoms. The molecule has 3 aromatic carbocycles. The van der Waals surface area contributed by atoms with Crippen molar-refractivity contribution in [2.75, 3.05) is 24.4 Å². The lowest BCUT2D eigenvalue weighted by Crippen LogP contribution is -2.45. The van der Waals surface area contributed by atoms with Gasteiger partial charge in [-0.25, -0.2) is 0 Å². The van der Waals surface area contributed by atoms with E-state index in [1.807, 2.05) is 19.1 Å². The molecule has 2 aliphatic rings. The summed E-state index contributed by atoms with van der Waals surface area (Å²) in [6.45, 7) is 1.86. The molecule has 0 unspecified atom stereocenters. The molecule has 9 heteroatoms. The lowest BCUT2D eigenvalue weighted by Gasteiger charge is -2.35. The molecule has 3 aromatic rings. The number of aryl methyl sites for hydroxylation is 1. The number of anilines is 2. The Morgan fingerprint density at radius 2 is 1.59 bits per heavy atom. The van der Waals surface area contributed by atoms with E-state index in [4.69, 9.17) is 9.47 Å². The molecule has 1 aliphatic heterocycles. The number of ketones is 1. The maximum Gasteiger partial charge on any atom is 0.471 e. The van der Waals surface area contributed by atoms with E-state index in [2.05, 4.69) is 5.32 Å². The van der Waals surface area contributed by atoms with Crippen LogP contribution in [-0.4, -0.2) is 32.1 Å². The first-order valence-corrected chi connectivity index (χ1v) is 12.4. The van der Waals surface area contributed by atoms with Gasteiger partial charge in [0.05, 0.1) is 31.6 Å². The molecule has 0 fully saturated rings. The molecule has 1 aliphatic carbocycles. The lowest BCUT2D eigenvalue weighted by atomic mass is 9.78. The minimum atomic E-state index is -5.15. The first-order chi connectivity index (χ1) is 18.6. The van der Waals surface area contributed by atoms with Gasteiger partial charge in [0.15, 0.2) is 17.3 Å². The highest BCUT2D eigenvalue weighted by Gasteiger charge is 2.50. The van der Waals surface area contributed by atoms with Crippen LogP contribution in [0, 0.1) is 6.92 Å². The molecule has 1 N–H and O–H groups in total. The number of methoxy groups -OCH3 is 2. The molecule has 2 atom stereocenters. The number of amides is 1. The molecule has 0 bridgehead atoms. The van der Waals surface area contributed by atoms with Gasteiger partial charge in [-0.15, -0.1) is 0 Å². The van der Waals surface area contributed by atoms with E-state index in [-0.39, 0.29) is 29.4 Å². The highest BCUT2D eigenvalue weighted by Crippen LogP contribution is 2.49. The molecular weight excluding hydrogens is 509 g/mol. The Kier molecular flexibility index (Phi) is 6.84. The number of allylic oxidation sites excluding steroid dienone is 1.